The maximum atomic E-state index is 5.97. The van der Waals surface area contributed by atoms with Gasteiger partial charge < -0.3 is 19.9 Å². The van der Waals surface area contributed by atoms with E-state index in [4.69, 9.17) is 4.74 Å². The van der Waals surface area contributed by atoms with E-state index >= 15 is 0 Å². The van der Waals surface area contributed by atoms with Gasteiger partial charge in [-0.3, -0.25) is 0 Å². The molecule has 1 atom stereocenters. The second-order valence-electron chi connectivity index (χ2n) is 7.70. The fourth-order valence-corrected chi connectivity index (χ4v) is 3.90. The van der Waals surface area contributed by atoms with Crippen LogP contribution in [0.2, 0.25) is 0 Å². The standard InChI is InChI=1S/C22H27N3O/c1-15-7-8-20-19(13-15)18-9-10-23-21(22(18)24-20)16-5-4-6-17(14-16)26-12-11-25(2)3/h4-8,13-14,21,23-24H,9-12H2,1-3H3/p+2/t21-/m1/s1. The van der Waals surface area contributed by atoms with E-state index in [0.717, 1.165) is 31.9 Å². The maximum absolute atomic E-state index is 5.97. The Kier molecular flexibility index (Phi) is 4.70. The molecule has 4 rings (SSSR count). The lowest BCUT2D eigenvalue weighted by atomic mass is 9.94. The van der Waals surface area contributed by atoms with Crippen molar-refractivity contribution in [2.24, 2.45) is 0 Å². The molecule has 0 amide bonds. The highest BCUT2D eigenvalue weighted by atomic mass is 16.5. The average Bonchev–Trinajstić information content (AvgIpc) is 2.99. The number of H-pyrrole nitrogens is 1. The van der Waals surface area contributed by atoms with Crippen molar-refractivity contribution in [3.8, 4) is 5.75 Å². The Labute approximate surface area is 155 Å². The van der Waals surface area contributed by atoms with Crippen molar-refractivity contribution < 1.29 is 15.0 Å². The van der Waals surface area contributed by atoms with Gasteiger partial charge in [-0.15, -0.1) is 0 Å². The number of hydrogen-bond acceptors (Lipinski definition) is 1. The minimum Gasteiger partial charge on any atom is -0.488 e. The van der Waals surface area contributed by atoms with Crippen molar-refractivity contribution in [2.75, 3.05) is 33.8 Å². The number of aromatic nitrogens is 1. The number of aromatic amines is 1. The largest absolute Gasteiger partial charge is 0.488 e. The Bertz CT molecular complexity index is 913. The number of rotatable bonds is 5. The number of fused-ring (bicyclic) bond motifs is 3. The Balaban J connectivity index is 1.64. The van der Waals surface area contributed by atoms with E-state index in [0.29, 0.717) is 6.04 Å². The number of hydrogen-bond donors (Lipinski definition) is 3. The van der Waals surface area contributed by atoms with Gasteiger partial charge in [-0.25, -0.2) is 0 Å². The SMILES string of the molecule is Cc1ccc2[nH]c3c(c2c1)CC[NH2+][C@@H]3c1cccc(OCC[NH+](C)C)c1. The highest BCUT2D eigenvalue weighted by Crippen LogP contribution is 2.32. The molecule has 0 radical (unpaired) electrons. The molecular formula is C22H29N3O+2. The third kappa shape index (κ3) is 3.35. The molecule has 4 nitrogen and oxygen atoms in total. The lowest BCUT2D eigenvalue weighted by Crippen LogP contribution is -3.06. The molecule has 1 aromatic heterocycles. The minimum atomic E-state index is 0.314. The van der Waals surface area contributed by atoms with E-state index in [1.165, 1.54) is 38.2 Å². The maximum Gasteiger partial charge on any atom is 0.153 e. The number of quaternary nitrogens is 2. The zero-order chi connectivity index (χ0) is 18.1. The number of nitrogens with two attached hydrogens (primary N) is 1. The lowest BCUT2D eigenvalue weighted by molar-refractivity contribution is -0.858. The molecule has 1 aliphatic rings. The van der Waals surface area contributed by atoms with Crippen LogP contribution in [-0.2, 0) is 6.42 Å². The molecule has 4 heteroatoms. The van der Waals surface area contributed by atoms with Crippen LogP contribution in [0, 0.1) is 6.92 Å². The second kappa shape index (κ2) is 7.14. The van der Waals surface area contributed by atoms with Crippen molar-refractivity contribution in [3.63, 3.8) is 0 Å². The highest BCUT2D eigenvalue weighted by Gasteiger charge is 2.28. The van der Waals surface area contributed by atoms with Gasteiger partial charge >= 0.3 is 0 Å². The first-order chi connectivity index (χ1) is 12.6. The number of nitrogens with one attached hydrogen (secondary N) is 2. The number of likely N-dealkylation sites (N-methyl/N-ethyl adjacent to an activating group) is 1. The van der Waals surface area contributed by atoms with Gasteiger partial charge in [-0.2, -0.15) is 0 Å². The summed E-state index contributed by atoms with van der Waals surface area (Å²) in [6.45, 7) is 5.04. The van der Waals surface area contributed by atoms with Crippen LogP contribution in [0.25, 0.3) is 10.9 Å². The van der Waals surface area contributed by atoms with Gasteiger partial charge in [0.2, 0.25) is 0 Å². The Morgan fingerprint density at radius 2 is 2.08 bits per heavy atom. The predicted octanol–water partition coefficient (Wildman–Crippen LogP) is 1.21. The Hall–Kier alpha value is -2.30. The molecule has 26 heavy (non-hydrogen) atoms. The molecule has 2 aromatic carbocycles. The number of ether oxygens (including phenoxy) is 1. The van der Waals surface area contributed by atoms with Crippen LogP contribution in [0.4, 0.5) is 0 Å². The van der Waals surface area contributed by atoms with Crippen LogP contribution < -0.4 is 15.0 Å². The first-order valence-corrected chi connectivity index (χ1v) is 9.58. The first kappa shape index (κ1) is 17.1. The van der Waals surface area contributed by atoms with E-state index in [2.05, 4.69) is 73.8 Å². The topological polar surface area (TPSA) is 46.1 Å². The van der Waals surface area contributed by atoms with Crippen molar-refractivity contribution in [3.05, 3.63) is 64.8 Å². The molecule has 1 aliphatic heterocycles. The van der Waals surface area contributed by atoms with Crippen LogP contribution in [-0.4, -0.2) is 38.8 Å². The molecule has 0 spiro atoms. The molecule has 0 bridgehead atoms. The molecule has 0 saturated carbocycles. The highest BCUT2D eigenvalue weighted by molar-refractivity contribution is 5.85. The minimum absolute atomic E-state index is 0.314. The molecule has 136 valence electrons. The monoisotopic (exact) mass is 351 g/mol. The summed E-state index contributed by atoms with van der Waals surface area (Å²) >= 11 is 0. The predicted molar refractivity (Wildman–Crippen MR) is 105 cm³/mol. The van der Waals surface area contributed by atoms with E-state index in [1.54, 1.807) is 0 Å². The molecule has 0 saturated heterocycles. The smallest absolute Gasteiger partial charge is 0.153 e. The molecular weight excluding hydrogens is 322 g/mol. The van der Waals surface area contributed by atoms with Gasteiger partial charge in [0, 0.05) is 22.9 Å². The zero-order valence-electron chi connectivity index (χ0n) is 15.9. The number of aryl methyl sites for hydroxylation is 1. The molecule has 3 aromatic rings. The van der Waals surface area contributed by atoms with Crippen LogP contribution in [0.1, 0.15) is 28.4 Å². The molecule has 0 fully saturated rings. The third-order valence-corrected chi connectivity index (χ3v) is 5.29. The normalized spacial score (nSPS) is 16.8. The molecule has 2 heterocycles. The molecule has 0 aliphatic carbocycles. The van der Waals surface area contributed by atoms with Gasteiger partial charge in [-0.05, 0) is 36.8 Å². The summed E-state index contributed by atoms with van der Waals surface area (Å²) in [5.74, 6) is 0.969. The quantitative estimate of drug-likeness (QED) is 0.636. The summed E-state index contributed by atoms with van der Waals surface area (Å²) in [4.78, 5) is 5.10. The second-order valence-corrected chi connectivity index (χ2v) is 7.70. The van der Waals surface area contributed by atoms with Gasteiger partial charge in [0.15, 0.2) is 6.04 Å². The van der Waals surface area contributed by atoms with Crippen LogP contribution >= 0.6 is 0 Å². The van der Waals surface area contributed by atoms with Crippen LogP contribution in [0.15, 0.2) is 42.5 Å². The van der Waals surface area contributed by atoms with Crippen LogP contribution in [0.5, 0.6) is 5.75 Å². The van der Waals surface area contributed by atoms with Crippen LogP contribution in [0.3, 0.4) is 0 Å². The fourth-order valence-electron chi connectivity index (χ4n) is 3.90. The van der Waals surface area contributed by atoms with E-state index < -0.39 is 0 Å². The number of benzene rings is 2. The zero-order valence-corrected chi connectivity index (χ0v) is 15.9. The summed E-state index contributed by atoms with van der Waals surface area (Å²) < 4.78 is 5.97. The molecule has 4 N–H and O–H groups in total. The van der Waals surface area contributed by atoms with E-state index in [9.17, 15) is 0 Å². The average molecular weight is 351 g/mol. The van der Waals surface area contributed by atoms with Crippen molar-refractivity contribution in [1.29, 1.82) is 0 Å². The lowest BCUT2D eigenvalue weighted by Gasteiger charge is -2.22. The summed E-state index contributed by atoms with van der Waals surface area (Å²) in [5.41, 5.74) is 6.72. The van der Waals surface area contributed by atoms with Crippen molar-refractivity contribution in [2.45, 2.75) is 19.4 Å². The Morgan fingerprint density at radius 1 is 1.19 bits per heavy atom. The van der Waals surface area contributed by atoms with E-state index in [1.807, 2.05) is 0 Å². The first-order valence-electron chi connectivity index (χ1n) is 9.58. The third-order valence-electron chi connectivity index (χ3n) is 5.29. The fraction of sp³-hybridized carbons (Fsp3) is 0.364. The van der Waals surface area contributed by atoms with Gasteiger partial charge in [0.05, 0.1) is 26.3 Å². The van der Waals surface area contributed by atoms with Crippen molar-refractivity contribution >= 4 is 10.9 Å². The Morgan fingerprint density at radius 3 is 2.92 bits per heavy atom. The summed E-state index contributed by atoms with van der Waals surface area (Å²) in [7, 11) is 4.30. The summed E-state index contributed by atoms with van der Waals surface area (Å²) in [6.07, 6.45) is 1.12. The molecule has 0 unspecified atom stereocenters. The summed E-state index contributed by atoms with van der Waals surface area (Å²) in [5, 5.41) is 3.83. The van der Waals surface area contributed by atoms with Crippen molar-refractivity contribution in [1.82, 2.24) is 4.98 Å². The van der Waals surface area contributed by atoms with Gasteiger partial charge in [-0.1, -0.05) is 23.8 Å². The van der Waals surface area contributed by atoms with Gasteiger partial charge in [0.25, 0.3) is 0 Å². The van der Waals surface area contributed by atoms with Gasteiger partial charge in [0.1, 0.15) is 18.9 Å². The summed E-state index contributed by atoms with van der Waals surface area (Å²) in [6, 6.07) is 15.6. The van der Waals surface area contributed by atoms with E-state index in [-0.39, 0.29) is 0 Å².